The lowest BCUT2D eigenvalue weighted by Gasteiger charge is -2.07. The van der Waals surface area contributed by atoms with Crippen molar-refractivity contribution in [3.05, 3.63) is 18.2 Å². The molecule has 0 spiro atoms. The maximum Gasteiger partial charge on any atom is 0.231 e. The van der Waals surface area contributed by atoms with Crippen molar-refractivity contribution in [2.24, 2.45) is 0 Å². The van der Waals surface area contributed by atoms with Crippen molar-refractivity contribution in [2.75, 3.05) is 25.2 Å². The summed E-state index contributed by atoms with van der Waals surface area (Å²) in [4.78, 5) is 10.6. The number of amides is 1. The van der Waals surface area contributed by atoms with Crippen LogP contribution in [0.3, 0.4) is 0 Å². The molecule has 0 saturated heterocycles. The van der Waals surface area contributed by atoms with E-state index in [1.54, 1.807) is 0 Å². The monoisotopic (exact) mass is 222 g/mol. The first-order valence-electron chi connectivity index (χ1n) is 5.13. The van der Waals surface area contributed by atoms with Crippen LogP contribution in [0, 0.1) is 0 Å². The Bertz CT molecular complexity index is 393. The molecule has 86 valence electrons. The number of anilines is 1. The van der Waals surface area contributed by atoms with E-state index in [1.807, 2.05) is 18.2 Å². The Kier molecular flexibility index (Phi) is 3.14. The Morgan fingerprint density at radius 1 is 1.31 bits per heavy atom. The Hall–Kier alpha value is -1.91. The van der Waals surface area contributed by atoms with Gasteiger partial charge >= 0.3 is 0 Å². The first-order chi connectivity index (χ1) is 7.75. The molecule has 5 nitrogen and oxygen atoms in total. The van der Waals surface area contributed by atoms with Gasteiger partial charge < -0.3 is 20.1 Å². The second-order valence-corrected chi connectivity index (χ2v) is 3.48. The fourth-order valence-corrected chi connectivity index (χ4v) is 1.45. The van der Waals surface area contributed by atoms with Gasteiger partial charge in [0.2, 0.25) is 12.7 Å². The maximum absolute atomic E-state index is 10.6. The number of fused-ring (bicyclic) bond motifs is 1. The summed E-state index contributed by atoms with van der Waals surface area (Å²) in [5, 5.41) is 5.89. The fraction of sp³-hybridized carbons (Fsp3) is 0.364. The molecule has 5 heteroatoms. The lowest BCUT2D eigenvalue weighted by atomic mass is 10.3. The van der Waals surface area contributed by atoms with Crippen molar-refractivity contribution >= 4 is 11.6 Å². The van der Waals surface area contributed by atoms with Crippen LogP contribution in [0.5, 0.6) is 11.5 Å². The van der Waals surface area contributed by atoms with Crippen LogP contribution in [0.1, 0.15) is 6.92 Å². The van der Waals surface area contributed by atoms with Crippen LogP contribution in [-0.4, -0.2) is 25.8 Å². The van der Waals surface area contributed by atoms with E-state index in [0.29, 0.717) is 13.1 Å². The van der Waals surface area contributed by atoms with E-state index >= 15 is 0 Å². The first kappa shape index (κ1) is 10.6. The van der Waals surface area contributed by atoms with Gasteiger partial charge in [-0.05, 0) is 12.1 Å². The Morgan fingerprint density at radius 2 is 2.12 bits per heavy atom. The summed E-state index contributed by atoms with van der Waals surface area (Å²) >= 11 is 0. The van der Waals surface area contributed by atoms with Gasteiger partial charge in [-0.2, -0.15) is 0 Å². The van der Waals surface area contributed by atoms with Crippen LogP contribution < -0.4 is 20.1 Å². The SMILES string of the molecule is CC(=O)NCCNc1ccc2c(c1)OCO2. The average Bonchev–Trinajstić information content (AvgIpc) is 2.71. The third-order valence-electron chi connectivity index (χ3n) is 2.20. The topological polar surface area (TPSA) is 59.6 Å². The molecule has 0 bridgehead atoms. The van der Waals surface area contributed by atoms with Gasteiger partial charge in [-0.15, -0.1) is 0 Å². The molecule has 1 amide bonds. The summed E-state index contributed by atoms with van der Waals surface area (Å²) in [6.45, 7) is 3.06. The van der Waals surface area contributed by atoms with E-state index in [4.69, 9.17) is 9.47 Å². The molecule has 0 aliphatic carbocycles. The van der Waals surface area contributed by atoms with Crippen LogP contribution in [-0.2, 0) is 4.79 Å². The summed E-state index contributed by atoms with van der Waals surface area (Å²) in [5.41, 5.74) is 0.953. The molecule has 1 aliphatic rings. The molecule has 2 N–H and O–H groups in total. The minimum Gasteiger partial charge on any atom is -0.454 e. The van der Waals surface area contributed by atoms with E-state index in [9.17, 15) is 4.79 Å². The lowest BCUT2D eigenvalue weighted by Crippen LogP contribution is -2.26. The average molecular weight is 222 g/mol. The maximum atomic E-state index is 10.6. The number of hydrogen-bond donors (Lipinski definition) is 2. The molecular weight excluding hydrogens is 208 g/mol. The van der Waals surface area contributed by atoms with E-state index in [2.05, 4.69) is 10.6 Å². The number of nitrogens with one attached hydrogen (secondary N) is 2. The van der Waals surface area contributed by atoms with Crippen LogP contribution >= 0.6 is 0 Å². The minimum atomic E-state index is -0.0208. The van der Waals surface area contributed by atoms with Crippen molar-refractivity contribution in [3.63, 3.8) is 0 Å². The normalized spacial score (nSPS) is 12.3. The van der Waals surface area contributed by atoms with Gasteiger partial charge in [0.1, 0.15) is 0 Å². The van der Waals surface area contributed by atoms with Crippen molar-refractivity contribution in [2.45, 2.75) is 6.92 Å². The molecule has 1 aromatic rings. The summed E-state index contributed by atoms with van der Waals surface area (Å²) in [5.74, 6) is 1.50. The quantitative estimate of drug-likeness (QED) is 0.745. The van der Waals surface area contributed by atoms with Crippen molar-refractivity contribution in [1.29, 1.82) is 0 Å². The summed E-state index contributed by atoms with van der Waals surface area (Å²) < 4.78 is 10.5. The van der Waals surface area contributed by atoms with Gasteiger partial charge in [0.05, 0.1) is 0 Å². The first-order valence-corrected chi connectivity index (χ1v) is 5.13. The number of benzene rings is 1. The van der Waals surface area contributed by atoms with E-state index in [0.717, 1.165) is 17.2 Å². The molecule has 0 unspecified atom stereocenters. The molecular formula is C11H14N2O3. The molecule has 16 heavy (non-hydrogen) atoms. The largest absolute Gasteiger partial charge is 0.454 e. The molecule has 0 atom stereocenters. The van der Waals surface area contributed by atoms with Gasteiger partial charge in [-0.1, -0.05) is 0 Å². The van der Waals surface area contributed by atoms with E-state index in [1.165, 1.54) is 6.92 Å². The number of rotatable bonds is 4. The van der Waals surface area contributed by atoms with Gasteiger partial charge in [0.25, 0.3) is 0 Å². The molecule has 1 aliphatic heterocycles. The molecule has 1 heterocycles. The van der Waals surface area contributed by atoms with E-state index < -0.39 is 0 Å². The highest BCUT2D eigenvalue weighted by molar-refractivity contribution is 5.72. The molecule has 1 aromatic carbocycles. The summed E-state index contributed by atoms with van der Waals surface area (Å²) in [7, 11) is 0. The van der Waals surface area contributed by atoms with Crippen molar-refractivity contribution in [3.8, 4) is 11.5 Å². The zero-order chi connectivity index (χ0) is 11.4. The van der Waals surface area contributed by atoms with Crippen LogP contribution in [0.15, 0.2) is 18.2 Å². The molecule has 2 rings (SSSR count). The smallest absolute Gasteiger partial charge is 0.231 e. The van der Waals surface area contributed by atoms with Gasteiger partial charge in [0, 0.05) is 31.8 Å². The van der Waals surface area contributed by atoms with Crippen LogP contribution in [0.4, 0.5) is 5.69 Å². The fourth-order valence-electron chi connectivity index (χ4n) is 1.45. The summed E-state index contributed by atoms with van der Waals surface area (Å²) in [6, 6.07) is 5.67. The third kappa shape index (κ3) is 2.56. The van der Waals surface area contributed by atoms with Crippen molar-refractivity contribution in [1.82, 2.24) is 5.32 Å². The Morgan fingerprint density at radius 3 is 2.94 bits per heavy atom. The number of carbonyl (C=O) groups is 1. The Labute approximate surface area is 93.7 Å². The highest BCUT2D eigenvalue weighted by Crippen LogP contribution is 2.33. The molecule has 0 radical (unpaired) electrons. The van der Waals surface area contributed by atoms with E-state index in [-0.39, 0.29) is 12.7 Å². The number of carbonyl (C=O) groups excluding carboxylic acids is 1. The predicted octanol–water partition coefficient (Wildman–Crippen LogP) is 0.963. The standard InChI is InChI=1S/C11H14N2O3/c1-8(14)12-4-5-13-9-2-3-10-11(6-9)16-7-15-10/h2-3,6,13H,4-5,7H2,1H3,(H,12,14). The highest BCUT2D eigenvalue weighted by atomic mass is 16.7. The Balaban J connectivity index is 1.83. The second kappa shape index (κ2) is 4.74. The van der Waals surface area contributed by atoms with Crippen LogP contribution in [0.2, 0.25) is 0 Å². The molecule has 0 aromatic heterocycles. The summed E-state index contributed by atoms with van der Waals surface area (Å²) in [6.07, 6.45) is 0. The van der Waals surface area contributed by atoms with Gasteiger partial charge in [0.15, 0.2) is 11.5 Å². The third-order valence-corrected chi connectivity index (χ3v) is 2.20. The molecule has 0 fully saturated rings. The lowest BCUT2D eigenvalue weighted by molar-refractivity contribution is -0.118. The zero-order valence-electron chi connectivity index (χ0n) is 9.08. The van der Waals surface area contributed by atoms with Gasteiger partial charge in [-0.3, -0.25) is 4.79 Å². The number of hydrogen-bond acceptors (Lipinski definition) is 4. The highest BCUT2D eigenvalue weighted by Gasteiger charge is 2.12. The zero-order valence-corrected chi connectivity index (χ0v) is 9.08. The van der Waals surface area contributed by atoms with Gasteiger partial charge in [-0.25, -0.2) is 0 Å². The number of ether oxygens (including phenoxy) is 2. The molecule has 0 saturated carbocycles. The van der Waals surface area contributed by atoms with Crippen molar-refractivity contribution < 1.29 is 14.3 Å². The predicted molar refractivity (Wildman–Crippen MR) is 59.7 cm³/mol. The van der Waals surface area contributed by atoms with Crippen LogP contribution in [0.25, 0.3) is 0 Å². The minimum absolute atomic E-state index is 0.0208. The second-order valence-electron chi connectivity index (χ2n) is 3.48.